The minimum absolute atomic E-state index is 0.219. The lowest BCUT2D eigenvalue weighted by molar-refractivity contribution is -0.134. The van der Waals surface area contributed by atoms with Gasteiger partial charge in [0.05, 0.1) is 41.4 Å². The minimum atomic E-state index is -1.00. The van der Waals surface area contributed by atoms with Crippen LogP contribution in [0.3, 0.4) is 0 Å². The number of nitrogens with zero attached hydrogens (tertiary/aromatic N) is 7. The molecule has 3 amide bonds. The lowest BCUT2D eigenvalue weighted by atomic mass is 9.71. The molecule has 60 heavy (non-hydrogen) atoms. The van der Waals surface area contributed by atoms with E-state index in [2.05, 4.69) is 72.0 Å². The Morgan fingerprint density at radius 2 is 1.77 bits per heavy atom. The van der Waals surface area contributed by atoms with Crippen molar-refractivity contribution in [3.63, 3.8) is 0 Å². The number of hydrogen-bond acceptors (Lipinski definition) is 10. The first-order valence-electron chi connectivity index (χ1n) is 21.1. The first kappa shape index (κ1) is 38.6. The number of piperidine rings is 3. The zero-order chi connectivity index (χ0) is 41.1. The van der Waals surface area contributed by atoms with Crippen LogP contribution in [0, 0.1) is 5.41 Å². The fourth-order valence-corrected chi connectivity index (χ4v) is 10.1. The molecular formula is C45H48ClFN10O3. The van der Waals surface area contributed by atoms with E-state index in [0.29, 0.717) is 41.2 Å². The smallest absolute Gasteiger partial charge is 0.271 e. The van der Waals surface area contributed by atoms with E-state index in [1.54, 1.807) is 4.52 Å². The van der Waals surface area contributed by atoms with Crippen LogP contribution in [0.4, 0.5) is 27.3 Å². The van der Waals surface area contributed by atoms with Crippen molar-refractivity contribution in [3.8, 4) is 11.3 Å². The number of hydrogen-bond donors (Lipinski definition) is 3. The second-order valence-corrected chi connectivity index (χ2v) is 17.5. The second-order valence-electron chi connectivity index (χ2n) is 17.1. The minimum Gasteiger partial charge on any atom is -0.385 e. The number of carbonyl (C=O) groups is 3. The van der Waals surface area contributed by atoms with Crippen molar-refractivity contribution < 1.29 is 18.8 Å². The Bertz CT molecular complexity index is 2490. The Labute approximate surface area is 352 Å². The molecule has 5 aliphatic rings. The molecule has 4 aliphatic heterocycles. The maximum Gasteiger partial charge on any atom is 0.271 e. The van der Waals surface area contributed by atoms with E-state index in [1.165, 1.54) is 24.6 Å². The summed E-state index contributed by atoms with van der Waals surface area (Å²) in [6, 6.07) is 18.2. The van der Waals surface area contributed by atoms with Gasteiger partial charge in [-0.15, -0.1) is 5.10 Å². The van der Waals surface area contributed by atoms with Crippen LogP contribution in [0.25, 0.3) is 16.9 Å². The van der Waals surface area contributed by atoms with E-state index in [1.807, 2.05) is 31.4 Å². The number of imidazole rings is 1. The summed E-state index contributed by atoms with van der Waals surface area (Å²) in [5, 5.41) is 13.9. The van der Waals surface area contributed by atoms with Crippen LogP contribution in [0.2, 0.25) is 5.02 Å². The number of amides is 3. The molecule has 1 aliphatic carbocycles. The Balaban J connectivity index is 0.767. The monoisotopic (exact) mass is 830 g/mol. The van der Waals surface area contributed by atoms with Gasteiger partial charge in [0.15, 0.2) is 17.2 Å². The molecule has 10 rings (SSSR count). The van der Waals surface area contributed by atoms with E-state index in [0.717, 1.165) is 98.0 Å². The number of fused-ring (bicyclic) bond motifs is 2. The average molecular weight is 831 g/mol. The fraction of sp³-hybridized carbons (Fsp3) is 0.422. The van der Waals surface area contributed by atoms with Gasteiger partial charge in [-0.05, 0) is 98.0 Å². The molecule has 15 heteroatoms. The number of likely N-dealkylation sites (tertiary alicyclic amines) is 1. The van der Waals surface area contributed by atoms with Gasteiger partial charge in [0.2, 0.25) is 11.8 Å². The summed E-state index contributed by atoms with van der Waals surface area (Å²) in [5.41, 5.74) is 9.28. The number of nitrogens with one attached hydrogen (secondary N) is 3. The summed E-state index contributed by atoms with van der Waals surface area (Å²) in [6.07, 6.45) is 9.17. The van der Waals surface area contributed by atoms with Crippen LogP contribution < -0.4 is 25.8 Å². The van der Waals surface area contributed by atoms with Gasteiger partial charge in [-0.3, -0.25) is 29.6 Å². The van der Waals surface area contributed by atoms with Crippen molar-refractivity contribution in [1.29, 1.82) is 0 Å². The summed E-state index contributed by atoms with van der Waals surface area (Å²) in [7, 11) is 1.82. The zero-order valence-electron chi connectivity index (χ0n) is 33.6. The van der Waals surface area contributed by atoms with Gasteiger partial charge < -0.3 is 20.4 Å². The standard InChI is InChI=1S/C45H48ClFN10O3/c1-48-37-23-40(53-57-39(25-50-42(37)57)44(60)51-36-22-34(36)47)56-16-11-31-30(3-2-4-38(31)56)35-9-6-28(24-49-35)55-19-14-45(15-20-55)12-17-54(18-13-45)26-27-5-7-29(33(46)21-27)32-8-10-41(58)52-43(32)59/h2-7,9,21,23-25,32,34,36,48H,8,10-20,22,26H2,1H3,(H,51,60)(H,52,58,59)/t32?,34-,36+/m0/s1. The summed E-state index contributed by atoms with van der Waals surface area (Å²) in [4.78, 5) is 53.7. The van der Waals surface area contributed by atoms with Crippen LogP contribution in [0.5, 0.6) is 0 Å². The van der Waals surface area contributed by atoms with Gasteiger partial charge in [0.1, 0.15) is 6.17 Å². The maximum absolute atomic E-state index is 13.6. The third-order valence-electron chi connectivity index (χ3n) is 13.5. The van der Waals surface area contributed by atoms with E-state index >= 15 is 0 Å². The van der Waals surface area contributed by atoms with E-state index in [9.17, 15) is 18.8 Å². The second kappa shape index (κ2) is 15.5. The van der Waals surface area contributed by atoms with Gasteiger partial charge in [-0.1, -0.05) is 35.9 Å². The van der Waals surface area contributed by atoms with E-state index in [4.69, 9.17) is 21.7 Å². The summed E-state index contributed by atoms with van der Waals surface area (Å²) >= 11 is 6.68. The third-order valence-corrected chi connectivity index (χ3v) is 13.8. The molecule has 3 atom stereocenters. The number of anilines is 4. The zero-order valence-corrected chi connectivity index (χ0v) is 34.3. The molecule has 1 unspecified atom stereocenters. The summed E-state index contributed by atoms with van der Waals surface area (Å²) in [6.45, 7) is 5.67. The highest BCUT2D eigenvalue weighted by Gasteiger charge is 2.40. The van der Waals surface area contributed by atoms with Crippen molar-refractivity contribution in [3.05, 3.63) is 94.4 Å². The molecule has 7 heterocycles. The molecule has 0 radical (unpaired) electrons. The highest BCUT2D eigenvalue weighted by Crippen LogP contribution is 2.44. The van der Waals surface area contributed by atoms with Crippen molar-refractivity contribution in [2.45, 2.75) is 76.0 Å². The number of imide groups is 1. The van der Waals surface area contributed by atoms with Crippen molar-refractivity contribution >= 4 is 57.8 Å². The number of halogens is 2. The molecule has 3 aromatic heterocycles. The summed E-state index contributed by atoms with van der Waals surface area (Å²) < 4.78 is 15.1. The topological polar surface area (TPSA) is 140 Å². The fourth-order valence-electron chi connectivity index (χ4n) is 9.75. The predicted octanol–water partition coefficient (Wildman–Crippen LogP) is 6.42. The van der Waals surface area contributed by atoms with Crippen LogP contribution in [0.1, 0.15) is 78.0 Å². The SMILES string of the molecule is CNc1cc(N2CCc3c(-c4ccc(N5CCC6(CCN(Cc7ccc(C8CCC(=O)NC8=O)c(Cl)c7)CC6)CC5)cn4)cccc32)nn2c(C(=O)N[C@@H]3C[C@@H]3F)cnc12. The first-order valence-corrected chi connectivity index (χ1v) is 21.5. The quantitative estimate of drug-likeness (QED) is 0.143. The molecule has 0 bridgehead atoms. The molecule has 3 N–H and O–H groups in total. The molecular weight excluding hydrogens is 783 g/mol. The number of pyridine rings is 1. The number of aromatic nitrogens is 4. The molecule has 5 aromatic rings. The molecule has 2 aromatic carbocycles. The Morgan fingerprint density at radius 3 is 2.48 bits per heavy atom. The molecule has 1 spiro atoms. The number of carbonyl (C=O) groups excluding carboxylic acids is 3. The molecule has 1 saturated carbocycles. The largest absolute Gasteiger partial charge is 0.385 e. The normalized spacial score (nSPS) is 22.6. The van der Waals surface area contributed by atoms with Gasteiger partial charge in [-0.25, -0.2) is 13.9 Å². The summed E-state index contributed by atoms with van der Waals surface area (Å²) in [5.74, 6) is -0.561. The average Bonchev–Trinajstić information content (AvgIpc) is 3.57. The number of benzene rings is 2. The highest BCUT2D eigenvalue weighted by atomic mass is 35.5. The lowest BCUT2D eigenvalue weighted by Gasteiger charge is -2.47. The molecule has 13 nitrogen and oxygen atoms in total. The van der Waals surface area contributed by atoms with Crippen molar-refractivity contribution in [1.82, 2.24) is 35.1 Å². The van der Waals surface area contributed by atoms with Crippen LogP contribution in [-0.2, 0) is 22.6 Å². The van der Waals surface area contributed by atoms with Gasteiger partial charge in [0.25, 0.3) is 5.91 Å². The predicted molar refractivity (Wildman–Crippen MR) is 229 cm³/mol. The Kier molecular flexibility index (Phi) is 9.94. The Morgan fingerprint density at radius 1 is 0.967 bits per heavy atom. The third kappa shape index (κ3) is 7.23. The van der Waals surface area contributed by atoms with Crippen molar-refractivity contribution in [2.75, 3.05) is 54.9 Å². The van der Waals surface area contributed by atoms with Gasteiger partial charge in [-0.2, -0.15) is 0 Å². The van der Waals surface area contributed by atoms with Crippen LogP contribution >= 0.6 is 11.6 Å². The van der Waals surface area contributed by atoms with Crippen LogP contribution in [0.15, 0.2) is 67.0 Å². The maximum atomic E-state index is 13.6. The number of alkyl halides is 1. The Hall–Kier alpha value is -5.60. The van der Waals surface area contributed by atoms with Gasteiger partial charge in [0, 0.05) is 68.4 Å². The number of rotatable bonds is 9. The molecule has 3 saturated heterocycles. The van der Waals surface area contributed by atoms with Crippen LogP contribution in [-0.4, -0.2) is 94.2 Å². The van der Waals surface area contributed by atoms with E-state index < -0.39 is 12.2 Å². The highest BCUT2D eigenvalue weighted by molar-refractivity contribution is 6.31. The molecule has 4 fully saturated rings. The van der Waals surface area contributed by atoms with Crippen molar-refractivity contribution in [2.24, 2.45) is 5.41 Å². The lowest BCUT2D eigenvalue weighted by Crippen LogP contribution is -2.46. The van der Waals surface area contributed by atoms with Gasteiger partial charge >= 0.3 is 0 Å². The first-order chi connectivity index (χ1) is 29.1. The molecule has 310 valence electrons. The van der Waals surface area contributed by atoms with E-state index in [-0.39, 0.29) is 29.3 Å².